The average molecular weight is 218 g/mol. The van der Waals surface area contributed by atoms with Crippen LogP contribution in [0.4, 0.5) is 10.1 Å². The molecule has 1 aromatic carbocycles. The summed E-state index contributed by atoms with van der Waals surface area (Å²) in [4.78, 5) is 0. The van der Waals surface area contributed by atoms with Gasteiger partial charge < -0.3 is 10.1 Å². The Labute approximate surface area is 88.0 Å². The Hall–Kier alpha value is -0.800. The van der Waals surface area contributed by atoms with E-state index in [0.29, 0.717) is 17.3 Å². The highest BCUT2D eigenvalue weighted by atomic mass is 35.5. The molecule has 0 fully saturated rings. The van der Waals surface area contributed by atoms with E-state index in [9.17, 15) is 4.39 Å². The maximum atomic E-state index is 12.8. The van der Waals surface area contributed by atoms with E-state index >= 15 is 0 Å². The lowest BCUT2D eigenvalue weighted by molar-refractivity contribution is 0.129. The Morgan fingerprint density at radius 2 is 2.29 bits per heavy atom. The van der Waals surface area contributed by atoms with Crippen LogP contribution < -0.4 is 5.32 Å². The number of hydrogen-bond donors (Lipinski definition) is 1. The number of benzene rings is 1. The smallest absolute Gasteiger partial charge is 0.125 e. The molecule has 0 amide bonds. The molecule has 1 rings (SSSR count). The zero-order valence-electron chi connectivity index (χ0n) is 8.18. The zero-order valence-corrected chi connectivity index (χ0v) is 8.94. The van der Waals surface area contributed by atoms with Gasteiger partial charge in [0.15, 0.2) is 0 Å². The molecule has 14 heavy (non-hydrogen) atoms. The molecule has 2 nitrogen and oxygen atoms in total. The second-order valence-electron chi connectivity index (χ2n) is 3.05. The van der Waals surface area contributed by atoms with Gasteiger partial charge in [-0.15, -0.1) is 0 Å². The lowest BCUT2D eigenvalue weighted by atomic mass is 10.3. The average Bonchev–Trinajstić information content (AvgIpc) is 2.19. The summed E-state index contributed by atoms with van der Waals surface area (Å²) in [6.07, 6.45) is 0.0642. The summed E-state index contributed by atoms with van der Waals surface area (Å²) in [5, 5.41) is 3.52. The first-order chi connectivity index (χ1) is 6.63. The molecule has 0 aromatic heterocycles. The predicted molar refractivity (Wildman–Crippen MR) is 56.4 cm³/mol. The van der Waals surface area contributed by atoms with Gasteiger partial charge in [0.25, 0.3) is 0 Å². The van der Waals surface area contributed by atoms with E-state index in [0.717, 1.165) is 0 Å². The maximum absolute atomic E-state index is 12.8. The first kappa shape index (κ1) is 11.3. The molecule has 4 heteroatoms. The van der Waals surface area contributed by atoms with Crippen molar-refractivity contribution in [1.82, 2.24) is 0 Å². The zero-order chi connectivity index (χ0) is 10.6. The fourth-order valence-corrected chi connectivity index (χ4v) is 1.15. The van der Waals surface area contributed by atoms with Gasteiger partial charge in [-0.25, -0.2) is 4.39 Å². The van der Waals surface area contributed by atoms with Gasteiger partial charge in [-0.1, -0.05) is 11.6 Å². The molecule has 0 aliphatic carbocycles. The fraction of sp³-hybridized carbons (Fsp3) is 0.400. The highest BCUT2D eigenvalue weighted by molar-refractivity contribution is 6.33. The molecule has 0 bridgehead atoms. The first-order valence-electron chi connectivity index (χ1n) is 4.35. The summed E-state index contributed by atoms with van der Waals surface area (Å²) in [5.74, 6) is -0.304. The van der Waals surface area contributed by atoms with E-state index < -0.39 is 0 Å². The molecule has 0 heterocycles. The minimum Gasteiger partial charge on any atom is -0.381 e. The number of anilines is 1. The van der Waals surface area contributed by atoms with Gasteiger partial charge in [0.2, 0.25) is 0 Å². The monoisotopic (exact) mass is 217 g/mol. The Kier molecular flexibility index (Phi) is 4.17. The van der Waals surface area contributed by atoms with Gasteiger partial charge in [-0.3, -0.25) is 0 Å². The lowest BCUT2D eigenvalue weighted by Gasteiger charge is -2.12. The third-order valence-electron chi connectivity index (χ3n) is 1.91. The van der Waals surface area contributed by atoms with E-state index in [1.54, 1.807) is 7.11 Å². The molecule has 78 valence electrons. The van der Waals surface area contributed by atoms with E-state index in [-0.39, 0.29) is 11.9 Å². The number of rotatable bonds is 4. The van der Waals surface area contributed by atoms with Gasteiger partial charge in [-0.05, 0) is 25.1 Å². The third kappa shape index (κ3) is 3.16. The van der Waals surface area contributed by atoms with Gasteiger partial charge in [0, 0.05) is 13.7 Å². The van der Waals surface area contributed by atoms with Crippen LogP contribution in [0.2, 0.25) is 5.02 Å². The molecule has 1 atom stereocenters. The lowest BCUT2D eigenvalue weighted by Crippen LogP contribution is -2.18. The van der Waals surface area contributed by atoms with Crippen LogP contribution in [-0.4, -0.2) is 19.8 Å². The summed E-state index contributed by atoms with van der Waals surface area (Å²) < 4.78 is 17.9. The van der Waals surface area contributed by atoms with Crippen LogP contribution in [0, 0.1) is 5.82 Å². The van der Waals surface area contributed by atoms with E-state index in [4.69, 9.17) is 16.3 Å². The number of hydrogen-bond acceptors (Lipinski definition) is 2. The summed E-state index contributed by atoms with van der Waals surface area (Å²) in [6, 6.07) is 4.22. The molecular weight excluding hydrogens is 205 g/mol. The molecular formula is C10H13ClFNO. The summed E-state index contributed by atoms with van der Waals surface area (Å²) in [6.45, 7) is 2.51. The van der Waals surface area contributed by atoms with Crippen LogP contribution in [0.3, 0.4) is 0 Å². The van der Waals surface area contributed by atoms with Gasteiger partial charge in [0.1, 0.15) is 5.82 Å². The van der Waals surface area contributed by atoms with Gasteiger partial charge in [0.05, 0.1) is 16.8 Å². The Bertz CT molecular complexity index is 306. The van der Waals surface area contributed by atoms with Crippen LogP contribution in [0.5, 0.6) is 0 Å². The van der Waals surface area contributed by atoms with Crippen molar-refractivity contribution in [3.63, 3.8) is 0 Å². The van der Waals surface area contributed by atoms with Crippen molar-refractivity contribution in [2.24, 2.45) is 0 Å². The Morgan fingerprint density at radius 1 is 1.57 bits per heavy atom. The van der Waals surface area contributed by atoms with Crippen molar-refractivity contribution >= 4 is 17.3 Å². The summed E-state index contributed by atoms with van der Waals surface area (Å²) in [7, 11) is 1.62. The SMILES string of the molecule is COC(C)CNc1cc(F)ccc1Cl. The Balaban J connectivity index is 2.62. The highest BCUT2D eigenvalue weighted by Gasteiger charge is 2.03. The molecule has 0 saturated carbocycles. The first-order valence-corrected chi connectivity index (χ1v) is 4.73. The number of nitrogens with one attached hydrogen (secondary N) is 1. The second kappa shape index (κ2) is 5.17. The van der Waals surface area contributed by atoms with Crippen molar-refractivity contribution in [3.8, 4) is 0 Å². The number of methoxy groups -OCH3 is 1. The van der Waals surface area contributed by atoms with Crippen molar-refractivity contribution in [2.75, 3.05) is 19.0 Å². The topological polar surface area (TPSA) is 21.3 Å². The quantitative estimate of drug-likeness (QED) is 0.838. The fourth-order valence-electron chi connectivity index (χ4n) is 0.970. The molecule has 0 spiro atoms. The highest BCUT2D eigenvalue weighted by Crippen LogP contribution is 2.22. The molecule has 0 radical (unpaired) electrons. The summed E-state index contributed by atoms with van der Waals surface area (Å²) >= 11 is 5.85. The molecule has 0 saturated heterocycles. The maximum Gasteiger partial charge on any atom is 0.125 e. The minimum atomic E-state index is -0.304. The van der Waals surface area contributed by atoms with Crippen LogP contribution in [0.15, 0.2) is 18.2 Å². The van der Waals surface area contributed by atoms with Crippen LogP contribution in [0.25, 0.3) is 0 Å². The largest absolute Gasteiger partial charge is 0.381 e. The molecule has 0 aliphatic rings. The minimum absolute atomic E-state index is 0.0642. The van der Waals surface area contributed by atoms with Crippen LogP contribution in [-0.2, 0) is 4.74 Å². The Morgan fingerprint density at radius 3 is 2.93 bits per heavy atom. The number of ether oxygens (including phenoxy) is 1. The predicted octanol–water partition coefficient (Wildman–Crippen LogP) is 2.93. The van der Waals surface area contributed by atoms with E-state index in [1.165, 1.54) is 18.2 Å². The van der Waals surface area contributed by atoms with E-state index in [1.807, 2.05) is 6.92 Å². The van der Waals surface area contributed by atoms with Crippen LogP contribution in [0.1, 0.15) is 6.92 Å². The molecule has 0 aliphatic heterocycles. The molecule has 1 N–H and O–H groups in total. The number of halogens is 2. The molecule has 1 unspecified atom stereocenters. The van der Waals surface area contributed by atoms with E-state index in [2.05, 4.69) is 5.32 Å². The van der Waals surface area contributed by atoms with Gasteiger partial charge in [-0.2, -0.15) is 0 Å². The summed E-state index contributed by atoms with van der Waals surface area (Å²) in [5.41, 5.74) is 0.593. The third-order valence-corrected chi connectivity index (χ3v) is 2.24. The van der Waals surface area contributed by atoms with Crippen LogP contribution >= 0.6 is 11.6 Å². The van der Waals surface area contributed by atoms with Gasteiger partial charge >= 0.3 is 0 Å². The molecule has 1 aromatic rings. The second-order valence-corrected chi connectivity index (χ2v) is 3.46. The van der Waals surface area contributed by atoms with Crippen molar-refractivity contribution in [1.29, 1.82) is 0 Å². The van der Waals surface area contributed by atoms with Crippen molar-refractivity contribution in [3.05, 3.63) is 29.0 Å². The normalized spacial score (nSPS) is 12.6. The standard InChI is InChI=1S/C10H13ClFNO/c1-7(14-2)6-13-10-5-8(12)3-4-9(10)11/h3-5,7,13H,6H2,1-2H3. The van der Waals surface area contributed by atoms with Crippen molar-refractivity contribution in [2.45, 2.75) is 13.0 Å². The van der Waals surface area contributed by atoms with Crippen molar-refractivity contribution < 1.29 is 9.13 Å².